The molecule has 0 radical (unpaired) electrons. The first-order valence-electron chi connectivity index (χ1n) is 8.09. The number of fused-ring (bicyclic) bond motifs is 1. The van der Waals surface area contributed by atoms with Gasteiger partial charge in [-0.25, -0.2) is 5.01 Å². The van der Waals surface area contributed by atoms with Crippen molar-refractivity contribution in [2.24, 2.45) is 0 Å². The maximum Gasteiger partial charge on any atom is 0.282 e. The summed E-state index contributed by atoms with van der Waals surface area (Å²) in [5.74, 6) is -1.04. The first kappa shape index (κ1) is 15.8. The predicted molar refractivity (Wildman–Crippen MR) is 98.3 cm³/mol. The smallest absolute Gasteiger partial charge is 0.282 e. The highest BCUT2D eigenvalue weighted by atomic mass is 16.2. The molecule has 1 aliphatic heterocycles. The van der Waals surface area contributed by atoms with Crippen LogP contribution >= 0.6 is 0 Å². The summed E-state index contributed by atoms with van der Waals surface area (Å²) in [4.78, 5) is 36.9. The quantitative estimate of drug-likeness (QED) is 0.573. The second-order valence-corrected chi connectivity index (χ2v) is 5.97. The van der Waals surface area contributed by atoms with Gasteiger partial charge in [-0.2, -0.15) is 0 Å². The van der Waals surface area contributed by atoms with E-state index in [1.165, 1.54) is 22.6 Å². The van der Waals surface area contributed by atoms with Crippen LogP contribution in [0.25, 0.3) is 17.0 Å². The van der Waals surface area contributed by atoms with Crippen LogP contribution in [-0.4, -0.2) is 22.3 Å². The maximum absolute atomic E-state index is 12.7. The Hall–Kier alpha value is -3.67. The summed E-state index contributed by atoms with van der Waals surface area (Å²) in [6, 6.07) is 16.3. The number of nitrogens with one attached hydrogen (secondary N) is 1. The molecule has 0 bridgehead atoms. The van der Waals surface area contributed by atoms with Crippen LogP contribution in [0.2, 0.25) is 0 Å². The lowest BCUT2D eigenvalue weighted by Gasteiger charge is -2.13. The molecule has 4 rings (SSSR count). The summed E-state index contributed by atoms with van der Waals surface area (Å²) in [6.45, 7) is 1.47. The van der Waals surface area contributed by atoms with E-state index >= 15 is 0 Å². The van der Waals surface area contributed by atoms with E-state index in [4.69, 9.17) is 0 Å². The van der Waals surface area contributed by atoms with Crippen molar-refractivity contribution < 1.29 is 14.4 Å². The van der Waals surface area contributed by atoms with Gasteiger partial charge in [-0.05, 0) is 24.3 Å². The van der Waals surface area contributed by atoms with Gasteiger partial charge in [0.15, 0.2) is 0 Å². The molecule has 3 aromatic rings. The zero-order valence-electron chi connectivity index (χ0n) is 14.0. The summed E-state index contributed by atoms with van der Waals surface area (Å²) in [5.41, 5.74) is 4.56. The second kappa shape index (κ2) is 6.00. The number of carbonyl (C=O) groups is 3. The first-order valence-corrected chi connectivity index (χ1v) is 8.09. The van der Waals surface area contributed by atoms with Gasteiger partial charge in [0.05, 0.1) is 11.2 Å². The fraction of sp³-hybridized carbons (Fsp3) is 0.0500. The Morgan fingerprint density at radius 2 is 1.69 bits per heavy atom. The Morgan fingerprint density at radius 3 is 2.42 bits per heavy atom. The molecule has 6 nitrogen and oxygen atoms in total. The van der Waals surface area contributed by atoms with E-state index < -0.39 is 11.8 Å². The molecule has 0 aliphatic carbocycles. The van der Waals surface area contributed by atoms with Gasteiger partial charge in [0, 0.05) is 24.1 Å². The lowest BCUT2D eigenvalue weighted by molar-refractivity contribution is -0.117. The Labute approximate surface area is 149 Å². The van der Waals surface area contributed by atoms with E-state index in [0.29, 0.717) is 11.3 Å². The normalized spacial score (nSPS) is 15.7. The molecule has 2 aromatic carbocycles. The van der Waals surface area contributed by atoms with Crippen LogP contribution in [0.1, 0.15) is 17.3 Å². The van der Waals surface area contributed by atoms with Crippen molar-refractivity contribution in [2.45, 2.75) is 6.92 Å². The number of carbonyl (C=O) groups excluding carboxylic acids is 3. The molecule has 128 valence electrons. The molecule has 0 unspecified atom stereocenters. The van der Waals surface area contributed by atoms with Crippen LogP contribution < -0.4 is 10.4 Å². The van der Waals surface area contributed by atoms with Crippen LogP contribution in [-0.2, 0) is 9.59 Å². The molecule has 1 fully saturated rings. The summed E-state index contributed by atoms with van der Waals surface area (Å²) < 4.78 is 1.51. The molecule has 0 spiro atoms. The van der Waals surface area contributed by atoms with Crippen molar-refractivity contribution in [3.05, 3.63) is 71.9 Å². The zero-order valence-corrected chi connectivity index (χ0v) is 14.0. The second-order valence-electron chi connectivity index (χ2n) is 5.97. The SMILES string of the molecule is CC(=O)n1cc(C=C2C(=O)NN(c3ccccc3)C2=O)c2ccccc21. The number of benzene rings is 2. The standard InChI is InChI=1S/C20H15N3O3/c1-13(24)22-12-14(16-9-5-6-10-18(16)22)11-17-19(25)21-23(20(17)26)15-7-3-2-4-8-15/h2-12H,1H3,(H,21,25). The average Bonchev–Trinajstić information content (AvgIpc) is 3.16. The lowest BCUT2D eigenvalue weighted by Crippen LogP contribution is -2.35. The number of hydrazine groups is 1. The number of hydrogen-bond donors (Lipinski definition) is 1. The molecule has 1 aliphatic rings. The van der Waals surface area contributed by atoms with Gasteiger partial charge >= 0.3 is 0 Å². The molecule has 0 atom stereocenters. The van der Waals surface area contributed by atoms with E-state index in [0.717, 1.165) is 10.9 Å². The Bertz CT molecular complexity index is 1080. The average molecular weight is 345 g/mol. The van der Waals surface area contributed by atoms with E-state index in [-0.39, 0.29) is 11.5 Å². The number of rotatable bonds is 2. The molecule has 0 saturated carbocycles. The largest absolute Gasteiger partial charge is 0.287 e. The summed E-state index contributed by atoms with van der Waals surface area (Å²) in [5, 5.41) is 2.02. The summed E-state index contributed by atoms with van der Waals surface area (Å²) in [6.07, 6.45) is 3.17. The Kier molecular flexibility index (Phi) is 3.65. The van der Waals surface area contributed by atoms with Crippen LogP contribution in [0, 0.1) is 0 Å². The van der Waals surface area contributed by atoms with E-state index in [2.05, 4.69) is 5.43 Å². The van der Waals surface area contributed by atoms with Gasteiger partial charge in [0.25, 0.3) is 11.8 Å². The molecule has 1 N–H and O–H groups in total. The van der Waals surface area contributed by atoms with Gasteiger partial charge in [0.1, 0.15) is 5.57 Å². The number of nitrogens with zero attached hydrogens (tertiary/aromatic N) is 2. The lowest BCUT2D eigenvalue weighted by atomic mass is 10.1. The fourth-order valence-corrected chi connectivity index (χ4v) is 3.05. The third-order valence-corrected chi connectivity index (χ3v) is 4.29. The van der Waals surface area contributed by atoms with Crippen LogP contribution in [0.3, 0.4) is 0 Å². The van der Waals surface area contributed by atoms with Gasteiger partial charge in [-0.1, -0.05) is 36.4 Å². The van der Waals surface area contributed by atoms with Crippen LogP contribution in [0.4, 0.5) is 5.69 Å². The third-order valence-electron chi connectivity index (χ3n) is 4.29. The van der Waals surface area contributed by atoms with Crippen LogP contribution in [0.15, 0.2) is 66.4 Å². The number of anilines is 1. The van der Waals surface area contributed by atoms with Crippen molar-refractivity contribution >= 4 is 40.4 Å². The Balaban J connectivity index is 1.80. The van der Waals surface area contributed by atoms with Crippen molar-refractivity contribution in [3.63, 3.8) is 0 Å². The van der Waals surface area contributed by atoms with E-state index in [9.17, 15) is 14.4 Å². The number of amides is 2. The minimum absolute atomic E-state index is 0.0281. The van der Waals surface area contributed by atoms with Gasteiger partial charge in [-0.3, -0.25) is 24.4 Å². The van der Waals surface area contributed by atoms with Crippen molar-refractivity contribution in [3.8, 4) is 0 Å². The minimum Gasteiger partial charge on any atom is -0.287 e. The van der Waals surface area contributed by atoms with Crippen molar-refractivity contribution in [1.29, 1.82) is 0 Å². The molecule has 1 saturated heterocycles. The van der Waals surface area contributed by atoms with Gasteiger partial charge in [0.2, 0.25) is 5.91 Å². The molecular formula is C20H15N3O3. The molecule has 2 amide bonds. The topological polar surface area (TPSA) is 71.4 Å². The predicted octanol–water partition coefficient (Wildman–Crippen LogP) is 2.76. The molecule has 6 heteroatoms. The number of hydrogen-bond acceptors (Lipinski definition) is 3. The van der Waals surface area contributed by atoms with Crippen molar-refractivity contribution in [2.75, 3.05) is 5.01 Å². The number of para-hydroxylation sites is 2. The first-order chi connectivity index (χ1) is 12.6. The fourth-order valence-electron chi connectivity index (χ4n) is 3.05. The van der Waals surface area contributed by atoms with Gasteiger partial charge in [-0.15, -0.1) is 0 Å². The van der Waals surface area contributed by atoms with Crippen molar-refractivity contribution in [1.82, 2.24) is 9.99 Å². The summed E-state index contributed by atoms with van der Waals surface area (Å²) in [7, 11) is 0. The minimum atomic E-state index is -0.474. The molecular weight excluding hydrogens is 330 g/mol. The Morgan fingerprint density at radius 1 is 1.00 bits per heavy atom. The van der Waals surface area contributed by atoms with Crippen LogP contribution in [0.5, 0.6) is 0 Å². The van der Waals surface area contributed by atoms with E-state index in [1.54, 1.807) is 30.5 Å². The summed E-state index contributed by atoms with van der Waals surface area (Å²) >= 11 is 0. The monoisotopic (exact) mass is 345 g/mol. The molecule has 2 heterocycles. The highest BCUT2D eigenvalue weighted by Gasteiger charge is 2.34. The van der Waals surface area contributed by atoms with Gasteiger partial charge < -0.3 is 0 Å². The zero-order chi connectivity index (χ0) is 18.3. The third kappa shape index (κ3) is 2.48. The van der Waals surface area contributed by atoms with E-state index in [1.807, 2.05) is 30.3 Å². The highest BCUT2D eigenvalue weighted by molar-refractivity contribution is 6.32. The molecule has 26 heavy (non-hydrogen) atoms. The number of aromatic nitrogens is 1. The highest BCUT2D eigenvalue weighted by Crippen LogP contribution is 2.26. The molecule has 1 aromatic heterocycles. The maximum atomic E-state index is 12.7.